The molecule has 0 aromatic rings. The molecule has 2 bridgehead atoms. The van der Waals surface area contributed by atoms with Gasteiger partial charge in [0.1, 0.15) is 6.10 Å². The van der Waals surface area contributed by atoms with Gasteiger partial charge in [0.25, 0.3) is 0 Å². The fourth-order valence-electron chi connectivity index (χ4n) is 3.85. The molecule has 2 heteroatoms. The normalized spacial score (nSPS) is 38.7. The largest absolute Gasteiger partial charge is 0.462 e. The van der Waals surface area contributed by atoms with E-state index in [1.54, 1.807) is 0 Å². The fourth-order valence-corrected chi connectivity index (χ4v) is 3.85. The Hall–Kier alpha value is -0.530. The van der Waals surface area contributed by atoms with Gasteiger partial charge in [-0.3, -0.25) is 4.79 Å². The maximum Gasteiger partial charge on any atom is 0.306 e. The second-order valence-corrected chi connectivity index (χ2v) is 7.19. The summed E-state index contributed by atoms with van der Waals surface area (Å²) in [5.74, 6) is 1.13. The van der Waals surface area contributed by atoms with Gasteiger partial charge in [0.15, 0.2) is 0 Å². The first-order chi connectivity index (χ1) is 7.77. The Labute approximate surface area is 105 Å². The maximum absolute atomic E-state index is 11.8. The van der Waals surface area contributed by atoms with Crippen molar-refractivity contribution in [3.05, 3.63) is 0 Å². The maximum atomic E-state index is 11.8. The topological polar surface area (TPSA) is 26.3 Å². The van der Waals surface area contributed by atoms with Crippen molar-refractivity contribution in [1.82, 2.24) is 0 Å². The molecule has 98 valence electrons. The quantitative estimate of drug-likeness (QED) is 0.699. The lowest BCUT2D eigenvalue weighted by molar-refractivity contribution is -0.157. The van der Waals surface area contributed by atoms with Crippen molar-refractivity contribution in [2.24, 2.45) is 22.7 Å². The molecule has 2 fully saturated rings. The second kappa shape index (κ2) is 4.00. The lowest BCUT2D eigenvalue weighted by atomic mass is 9.70. The second-order valence-electron chi connectivity index (χ2n) is 7.19. The van der Waals surface area contributed by atoms with Gasteiger partial charge < -0.3 is 4.74 Å². The molecule has 2 nitrogen and oxygen atoms in total. The first kappa shape index (κ1) is 12.9. The Morgan fingerprint density at radius 3 is 2.41 bits per heavy atom. The minimum absolute atomic E-state index is 0.00502. The van der Waals surface area contributed by atoms with E-state index in [1.807, 2.05) is 0 Å². The molecule has 0 spiro atoms. The molecule has 0 saturated heterocycles. The van der Waals surface area contributed by atoms with Crippen LogP contribution in [0.3, 0.4) is 0 Å². The third-order valence-corrected chi connectivity index (χ3v) is 5.56. The Balaban J connectivity index is 2.03. The average molecular weight is 238 g/mol. The van der Waals surface area contributed by atoms with Crippen LogP contribution in [0, 0.1) is 22.7 Å². The number of fused-ring (bicyclic) bond motifs is 2. The first-order valence-corrected chi connectivity index (χ1v) is 6.97. The van der Waals surface area contributed by atoms with E-state index in [0.29, 0.717) is 17.8 Å². The van der Waals surface area contributed by atoms with Crippen molar-refractivity contribution in [1.29, 1.82) is 0 Å². The van der Waals surface area contributed by atoms with E-state index in [4.69, 9.17) is 4.74 Å². The summed E-state index contributed by atoms with van der Waals surface area (Å²) in [5.41, 5.74) is 0.528. The van der Waals surface area contributed by atoms with Gasteiger partial charge in [0, 0.05) is 11.8 Å². The SMILES string of the molecule is CC(C)CC(=O)OC1CC2CCC1(C)C2(C)C. The van der Waals surface area contributed by atoms with Crippen LogP contribution in [0.5, 0.6) is 0 Å². The van der Waals surface area contributed by atoms with E-state index in [-0.39, 0.29) is 17.5 Å². The molecular formula is C15H26O2. The van der Waals surface area contributed by atoms with Gasteiger partial charge in [-0.1, -0.05) is 34.6 Å². The van der Waals surface area contributed by atoms with Crippen LogP contribution in [0.4, 0.5) is 0 Å². The van der Waals surface area contributed by atoms with Gasteiger partial charge in [-0.25, -0.2) is 0 Å². The minimum atomic E-state index is -0.00502. The standard InChI is InChI=1S/C15H26O2/c1-10(2)8-13(16)17-12-9-11-6-7-15(12,5)14(11,3)4/h10-12H,6-9H2,1-5H3. The minimum Gasteiger partial charge on any atom is -0.462 e. The van der Waals surface area contributed by atoms with Gasteiger partial charge in [-0.2, -0.15) is 0 Å². The average Bonchev–Trinajstić information content (AvgIpc) is 2.49. The Morgan fingerprint density at radius 2 is 2.00 bits per heavy atom. The van der Waals surface area contributed by atoms with E-state index in [2.05, 4.69) is 34.6 Å². The Morgan fingerprint density at radius 1 is 1.35 bits per heavy atom. The third-order valence-electron chi connectivity index (χ3n) is 5.56. The summed E-state index contributed by atoms with van der Waals surface area (Å²) in [7, 11) is 0. The summed E-state index contributed by atoms with van der Waals surface area (Å²) in [6.07, 6.45) is 4.30. The number of rotatable bonds is 3. The molecule has 0 heterocycles. The number of carbonyl (C=O) groups is 1. The van der Waals surface area contributed by atoms with E-state index >= 15 is 0 Å². The summed E-state index contributed by atoms with van der Waals surface area (Å²) >= 11 is 0. The summed E-state index contributed by atoms with van der Waals surface area (Å²) in [5, 5.41) is 0. The summed E-state index contributed by atoms with van der Waals surface area (Å²) in [6.45, 7) is 11.1. The highest BCUT2D eigenvalue weighted by molar-refractivity contribution is 5.70. The fraction of sp³-hybridized carbons (Fsp3) is 0.933. The summed E-state index contributed by atoms with van der Waals surface area (Å²) in [4.78, 5) is 11.8. The highest BCUT2D eigenvalue weighted by Crippen LogP contribution is 2.66. The van der Waals surface area contributed by atoms with E-state index in [0.717, 1.165) is 12.3 Å². The molecule has 0 N–H and O–H groups in total. The van der Waals surface area contributed by atoms with Crippen molar-refractivity contribution in [3.63, 3.8) is 0 Å². The number of ether oxygens (including phenoxy) is 1. The molecular weight excluding hydrogens is 212 g/mol. The van der Waals surface area contributed by atoms with Crippen LogP contribution < -0.4 is 0 Å². The van der Waals surface area contributed by atoms with E-state index in [9.17, 15) is 4.79 Å². The molecule has 0 amide bonds. The van der Waals surface area contributed by atoms with Crippen LogP contribution in [0.25, 0.3) is 0 Å². The van der Waals surface area contributed by atoms with Crippen LogP contribution in [-0.2, 0) is 9.53 Å². The highest BCUT2D eigenvalue weighted by atomic mass is 16.5. The highest BCUT2D eigenvalue weighted by Gasteiger charge is 2.62. The van der Waals surface area contributed by atoms with Crippen LogP contribution >= 0.6 is 0 Å². The van der Waals surface area contributed by atoms with Crippen molar-refractivity contribution >= 4 is 5.97 Å². The van der Waals surface area contributed by atoms with Crippen LogP contribution in [0.2, 0.25) is 0 Å². The molecule has 17 heavy (non-hydrogen) atoms. The predicted molar refractivity (Wildman–Crippen MR) is 68.6 cm³/mol. The van der Waals surface area contributed by atoms with Crippen molar-refractivity contribution in [3.8, 4) is 0 Å². The van der Waals surface area contributed by atoms with E-state index < -0.39 is 0 Å². The lowest BCUT2D eigenvalue weighted by Crippen LogP contribution is -2.38. The molecule has 3 unspecified atom stereocenters. The van der Waals surface area contributed by atoms with Gasteiger partial charge in [0.2, 0.25) is 0 Å². The first-order valence-electron chi connectivity index (χ1n) is 6.97. The monoisotopic (exact) mass is 238 g/mol. The molecule has 0 aromatic carbocycles. The van der Waals surface area contributed by atoms with Crippen LogP contribution in [0.1, 0.15) is 60.3 Å². The lowest BCUT2D eigenvalue weighted by Gasteiger charge is -2.38. The summed E-state index contributed by atoms with van der Waals surface area (Å²) < 4.78 is 5.76. The molecule has 2 saturated carbocycles. The number of esters is 1. The van der Waals surface area contributed by atoms with Crippen molar-refractivity contribution in [2.45, 2.75) is 66.4 Å². The van der Waals surface area contributed by atoms with Gasteiger partial charge in [-0.05, 0) is 36.5 Å². The zero-order valence-electron chi connectivity index (χ0n) is 11.9. The van der Waals surface area contributed by atoms with Crippen LogP contribution in [0.15, 0.2) is 0 Å². The van der Waals surface area contributed by atoms with Gasteiger partial charge in [0.05, 0.1) is 0 Å². The zero-order valence-corrected chi connectivity index (χ0v) is 11.9. The Bertz CT molecular complexity index is 319. The molecule has 0 aliphatic heterocycles. The van der Waals surface area contributed by atoms with Crippen molar-refractivity contribution in [2.75, 3.05) is 0 Å². The number of carbonyl (C=O) groups excluding carboxylic acids is 1. The Kier molecular flexibility index (Phi) is 3.04. The third kappa shape index (κ3) is 1.90. The molecule has 0 radical (unpaired) electrons. The predicted octanol–water partition coefficient (Wildman–Crippen LogP) is 3.79. The number of hydrogen-bond acceptors (Lipinski definition) is 2. The van der Waals surface area contributed by atoms with Gasteiger partial charge >= 0.3 is 5.97 Å². The van der Waals surface area contributed by atoms with E-state index in [1.165, 1.54) is 12.8 Å². The molecule has 3 atom stereocenters. The zero-order chi connectivity index (χ0) is 12.8. The molecule has 2 aliphatic carbocycles. The van der Waals surface area contributed by atoms with Crippen LogP contribution in [-0.4, -0.2) is 12.1 Å². The number of hydrogen-bond donors (Lipinski definition) is 0. The molecule has 0 aromatic heterocycles. The molecule has 2 rings (SSSR count). The van der Waals surface area contributed by atoms with Crippen molar-refractivity contribution < 1.29 is 9.53 Å². The van der Waals surface area contributed by atoms with Gasteiger partial charge in [-0.15, -0.1) is 0 Å². The smallest absolute Gasteiger partial charge is 0.306 e. The molecule has 2 aliphatic rings. The summed E-state index contributed by atoms with van der Waals surface area (Å²) in [6, 6.07) is 0.